The summed E-state index contributed by atoms with van der Waals surface area (Å²) in [4.78, 5) is 24.8. The van der Waals surface area contributed by atoms with Crippen LogP contribution in [0.1, 0.15) is 30.1 Å². The van der Waals surface area contributed by atoms with Crippen molar-refractivity contribution in [2.75, 3.05) is 13.2 Å². The Morgan fingerprint density at radius 2 is 2.15 bits per heavy atom. The SMILES string of the molecule is CCN(C(=O)COc1cc(C(=O)O)ccc1I)C1CC1. The van der Waals surface area contributed by atoms with Crippen molar-refractivity contribution < 1.29 is 19.4 Å². The summed E-state index contributed by atoms with van der Waals surface area (Å²) < 4.78 is 6.28. The number of hydrogen-bond acceptors (Lipinski definition) is 3. The number of likely N-dealkylation sites (N-methyl/N-ethyl adjacent to an activating group) is 1. The number of benzene rings is 1. The normalized spacial score (nSPS) is 13.9. The number of nitrogens with zero attached hydrogens (tertiary/aromatic N) is 1. The van der Waals surface area contributed by atoms with Crippen LogP contribution in [0.2, 0.25) is 0 Å². The standard InChI is InChI=1S/C14H16INO4/c1-2-16(10-4-5-10)13(17)8-20-12-7-9(14(18)19)3-6-11(12)15/h3,6-7,10H,2,4-5,8H2,1H3,(H,18,19). The average Bonchev–Trinajstić information content (AvgIpc) is 3.23. The number of rotatable bonds is 6. The van der Waals surface area contributed by atoms with Crippen LogP contribution < -0.4 is 4.74 Å². The monoisotopic (exact) mass is 389 g/mol. The van der Waals surface area contributed by atoms with E-state index in [1.54, 1.807) is 6.07 Å². The second-order valence-corrected chi connectivity index (χ2v) is 5.81. The van der Waals surface area contributed by atoms with Crippen LogP contribution in [0.15, 0.2) is 18.2 Å². The van der Waals surface area contributed by atoms with E-state index in [0.29, 0.717) is 18.3 Å². The van der Waals surface area contributed by atoms with Crippen LogP contribution in [0.4, 0.5) is 0 Å². The minimum Gasteiger partial charge on any atom is -0.483 e. The van der Waals surface area contributed by atoms with Crippen LogP contribution in [-0.4, -0.2) is 41.1 Å². The first kappa shape index (κ1) is 15.1. The van der Waals surface area contributed by atoms with Gasteiger partial charge in [-0.15, -0.1) is 0 Å². The highest BCUT2D eigenvalue weighted by Gasteiger charge is 2.31. The maximum atomic E-state index is 12.0. The first-order valence-electron chi connectivity index (χ1n) is 6.48. The van der Waals surface area contributed by atoms with Crippen molar-refractivity contribution in [1.29, 1.82) is 0 Å². The molecule has 0 aliphatic heterocycles. The Morgan fingerprint density at radius 1 is 1.45 bits per heavy atom. The van der Waals surface area contributed by atoms with Crippen molar-refractivity contribution in [2.45, 2.75) is 25.8 Å². The fraction of sp³-hybridized carbons (Fsp3) is 0.429. The van der Waals surface area contributed by atoms with E-state index in [1.807, 2.05) is 11.8 Å². The van der Waals surface area contributed by atoms with Gasteiger partial charge in [-0.2, -0.15) is 0 Å². The molecule has 0 bridgehead atoms. The molecule has 1 amide bonds. The average molecular weight is 389 g/mol. The highest BCUT2D eigenvalue weighted by atomic mass is 127. The second-order valence-electron chi connectivity index (χ2n) is 4.65. The molecular weight excluding hydrogens is 373 g/mol. The fourth-order valence-electron chi connectivity index (χ4n) is 1.99. The summed E-state index contributed by atoms with van der Waals surface area (Å²) in [6, 6.07) is 4.99. The maximum absolute atomic E-state index is 12.0. The van der Waals surface area contributed by atoms with E-state index in [4.69, 9.17) is 9.84 Å². The van der Waals surface area contributed by atoms with Crippen LogP contribution in [0, 0.1) is 3.57 Å². The van der Waals surface area contributed by atoms with Gasteiger partial charge in [0.05, 0.1) is 9.13 Å². The zero-order valence-corrected chi connectivity index (χ0v) is 13.3. The van der Waals surface area contributed by atoms with Crippen molar-refractivity contribution in [2.24, 2.45) is 0 Å². The van der Waals surface area contributed by atoms with Gasteiger partial charge < -0.3 is 14.7 Å². The Bertz CT molecular complexity index is 528. The van der Waals surface area contributed by atoms with Gasteiger partial charge in [-0.25, -0.2) is 4.79 Å². The van der Waals surface area contributed by atoms with E-state index in [9.17, 15) is 9.59 Å². The molecule has 1 fully saturated rings. The molecule has 1 saturated carbocycles. The third kappa shape index (κ3) is 3.62. The smallest absolute Gasteiger partial charge is 0.335 e. The number of carboxylic acid groups (broad SMARTS) is 1. The molecule has 1 aromatic carbocycles. The van der Waals surface area contributed by atoms with Crippen LogP contribution in [0.3, 0.4) is 0 Å². The molecule has 0 aromatic heterocycles. The minimum absolute atomic E-state index is 0.0495. The molecule has 20 heavy (non-hydrogen) atoms. The number of aromatic carboxylic acids is 1. The maximum Gasteiger partial charge on any atom is 0.335 e. The first-order chi connectivity index (χ1) is 9.52. The molecular formula is C14H16INO4. The van der Waals surface area contributed by atoms with E-state index in [0.717, 1.165) is 16.4 Å². The highest BCUT2D eigenvalue weighted by molar-refractivity contribution is 14.1. The summed E-state index contributed by atoms with van der Waals surface area (Å²) in [5, 5.41) is 8.95. The lowest BCUT2D eigenvalue weighted by Gasteiger charge is -2.20. The van der Waals surface area contributed by atoms with E-state index in [1.165, 1.54) is 12.1 Å². The number of halogens is 1. The summed E-state index contributed by atoms with van der Waals surface area (Å²) in [5.74, 6) is -0.622. The van der Waals surface area contributed by atoms with Crippen LogP contribution >= 0.6 is 22.6 Å². The number of carbonyl (C=O) groups excluding carboxylic acids is 1. The number of carboxylic acids is 1. The Balaban J connectivity index is 2.01. The highest BCUT2D eigenvalue weighted by Crippen LogP contribution is 2.27. The lowest BCUT2D eigenvalue weighted by molar-refractivity contribution is -0.133. The third-order valence-corrected chi connectivity index (χ3v) is 4.07. The Morgan fingerprint density at radius 3 is 2.70 bits per heavy atom. The van der Waals surface area contributed by atoms with E-state index < -0.39 is 5.97 Å². The van der Waals surface area contributed by atoms with Gasteiger partial charge in [0.15, 0.2) is 6.61 Å². The minimum atomic E-state index is -1.01. The number of ether oxygens (including phenoxy) is 1. The molecule has 1 aliphatic rings. The molecule has 0 radical (unpaired) electrons. The molecule has 0 spiro atoms. The summed E-state index contributed by atoms with van der Waals surface area (Å²) in [5.41, 5.74) is 0.155. The summed E-state index contributed by atoms with van der Waals surface area (Å²) in [7, 11) is 0. The zero-order chi connectivity index (χ0) is 14.7. The molecule has 2 rings (SSSR count). The summed E-state index contributed by atoms with van der Waals surface area (Å²) in [6.45, 7) is 2.58. The predicted octanol–water partition coefficient (Wildman–Crippen LogP) is 2.38. The number of amides is 1. The molecule has 1 aromatic rings. The summed E-state index contributed by atoms with van der Waals surface area (Å²) in [6.07, 6.45) is 2.12. The molecule has 0 heterocycles. The molecule has 0 saturated heterocycles. The van der Waals surface area contributed by atoms with Crippen molar-refractivity contribution >= 4 is 34.5 Å². The second kappa shape index (κ2) is 6.43. The van der Waals surface area contributed by atoms with Gasteiger partial charge in [-0.3, -0.25) is 4.79 Å². The Labute approximate surface area is 131 Å². The van der Waals surface area contributed by atoms with Crippen molar-refractivity contribution in [3.05, 3.63) is 27.3 Å². The zero-order valence-electron chi connectivity index (χ0n) is 11.1. The molecule has 1 aliphatic carbocycles. The largest absolute Gasteiger partial charge is 0.483 e. The van der Waals surface area contributed by atoms with Crippen LogP contribution in [0.5, 0.6) is 5.75 Å². The van der Waals surface area contributed by atoms with E-state index in [-0.39, 0.29) is 18.1 Å². The fourth-order valence-corrected chi connectivity index (χ4v) is 2.48. The van der Waals surface area contributed by atoms with Crippen LogP contribution in [-0.2, 0) is 4.79 Å². The van der Waals surface area contributed by atoms with Gasteiger partial charge in [0.25, 0.3) is 5.91 Å². The molecule has 5 nitrogen and oxygen atoms in total. The summed E-state index contributed by atoms with van der Waals surface area (Å²) >= 11 is 2.06. The number of hydrogen-bond donors (Lipinski definition) is 1. The van der Waals surface area contributed by atoms with Crippen LogP contribution in [0.25, 0.3) is 0 Å². The van der Waals surface area contributed by atoms with E-state index >= 15 is 0 Å². The molecule has 0 unspecified atom stereocenters. The third-order valence-electron chi connectivity index (χ3n) is 3.18. The van der Waals surface area contributed by atoms with Gasteiger partial charge in [0.1, 0.15) is 5.75 Å². The first-order valence-corrected chi connectivity index (χ1v) is 7.56. The molecule has 108 valence electrons. The van der Waals surface area contributed by atoms with Gasteiger partial charge in [-0.05, 0) is 60.6 Å². The quantitative estimate of drug-likeness (QED) is 0.759. The van der Waals surface area contributed by atoms with Gasteiger partial charge >= 0.3 is 5.97 Å². The van der Waals surface area contributed by atoms with Gasteiger partial charge in [-0.1, -0.05) is 0 Å². The van der Waals surface area contributed by atoms with E-state index in [2.05, 4.69) is 22.6 Å². The van der Waals surface area contributed by atoms with Crippen molar-refractivity contribution in [3.8, 4) is 5.75 Å². The van der Waals surface area contributed by atoms with Gasteiger partial charge in [0, 0.05) is 12.6 Å². The molecule has 0 atom stereocenters. The Kier molecular flexibility index (Phi) is 4.85. The topological polar surface area (TPSA) is 66.8 Å². The Hall–Kier alpha value is -1.31. The van der Waals surface area contributed by atoms with Gasteiger partial charge in [0.2, 0.25) is 0 Å². The number of carbonyl (C=O) groups is 2. The lowest BCUT2D eigenvalue weighted by atomic mass is 10.2. The lowest BCUT2D eigenvalue weighted by Crippen LogP contribution is -2.36. The molecule has 6 heteroatoms. The predicted molar refractivity (Wildman–Crippen MR) is 82.0 cm³/mol. The molecule has 1 N–H and O–H groups in total. The van der Waals surface area contributed by atoms with Crippen molar-refractivity contribution in [3.63, 3.8) is 0 Å². The van der Waals surface area contributed by atoms with Crippen molar-refractivity contribution in [1.82, 2.24) is 4.90 Å².